The molecule has 5 heteroatoms. The van der Waals surface area contributed by atoms with Gasteiger partial charge in [0, 0.05) is 18.7 Å². The van der Waals surface area contributed by atoms with E-state index in [1.54, 1.807) is 6.92 Å². The largest absolute Gasteiger partial charge is 0.423 e. The first kappa shape index (κ1) is 16.7. The fraction of sp³-hybridized carbons (Fsp3) is 0.526. The van der Waals surface area contributed by atoms with Gasteiger partial charge in [-0.05, 0) is 46.0 Å². The molecule has 1 aliphatic carbocycles. The molecule has 0 aromatic rings. The second-order valence-electron chi connectivity index (χ2n) is 6.91. The molecule has 0 bridgehead atoms. The van der Waals surface area contributed by atoms with Crippen molar-refractivity contribution in [2.75, 3.05) is 13.1 Å². The number of aliphatic imine (C=N–C) groups is 1. The van der Waals surface area contributed by atoms with Crippen molar-refractivity contribution in [2.24, 2.45) is 10.9 Å². The fourth-order valence-electron chi connectivity index (χ4n) is 3.41. The average molecular weight is 328 g/mol. The molecule has 2 aliphatic heterocycles. The van der Waals surface area contributed by atoms with Gasteiger partial charge >= 0.3 is 0 Å². The van der Waals surface area contributed by atoms with Crippen molar-refractivity contribution in [2.45, 2.75) is 47.0 Å². The summed E-state index contributed by atoms with van der Waals surface area (Å²) in [5.41, 5.74) is 3.00. The highest BCUT2D eigenvalue weighted by atomic mass is 16.5. The number of hydrogen-bond donors (Lipinski definition) is 0. The number of rotatable bonds is 4. The van der Waals surface area contributed by atoms with E-state index in [0.717, 1.165) is 38.0 Å². The SMILES string of the molecule is CC(C)=CCC[C@H](C)C1=C2OC3=NCCCN3C2=C(C)C(=O)C1=O. The van der Waals surface area contributed by atoms with Gasteiger partial charge in [0.05, 0.1) is 11.3 Å². The molecular formula is C19H24N2O3. The van der Waals surface area contributed by atoms with E-state index in [1.165, 1.54) is 5.57 Å². The molecule has 0 aromatic heterocycles. The van der Waals surface area contributed by atoms with Crippen molar-refractivity contribution in [3.8, 4) is 0 Å². The van der Waals surface area contributed by atoms with Gasteiger partial charge in [-0.25, -0.2) is 4.99 Å². The Morgan fingerprint density at radius 1 is 1.33 bits per heavy atom. The molecule has 1 saturated heterocycles. The first-order chi connectivity index (χ1) is 11.4. The highest BCUT2D eigenvalue weighted by Gasteiger charge is 2.44. The van der Waals surface area contributed by atoms with Crippen molar-refractivity contribution >= 4 is 17.6 Å². The first-order valence-corrected chi connectivity index (χ1v) is 8.59. The van der Waals surface area contributed by atoms with Gasteiger partial charge in [-0.2, -0.15) is 0 Å². The van der Waals surface area contributed by atoms with Crippen LogP contribution >= 0.6 is 0 Å². The quantitative estimate of drug-likeness (QED) is 0.452. The number of hydrogen-bond acceptors (Lipinski definition) is 5. The van der Waals surface area contributed by atoms with Crippen molar-refractivity contribution in [3.05, 3.63) is 34.3 Å². The van der Waals surface area contributed by atoms with Crippen molar-refractivity contribution in [1.82, 2.24) is 4.90 Å². The molecule has 0 saturated carbocycles. The smallest absolute Gasteiger partial charge is 0.297 e. The summed E-state index contributed by atoms with van der Waals surface area (Å²) in [5, 5.41) is 0. The first-order valence-electron chi connectivity index (χ1n) is 8.59. The zero-order valence-electron chi connectivity index (χ0n) is 14.8. The van der Waals surface area contributed by atoms with E-state index in [0.29, 0.717) is 22.9 Å². The monoisotopic (exact) mass is 328 g/mol. The second kappa shape index (κ2) is 6.38. The topological polar surface area (TPSA) is 59.0 Å². The molecule has 24 heavy (non-hydrogen) atoms. The maximum Gasteiger partial charge on any atom is 0.297 e. The van der Waals surface area contributed by atoms with Gasteiger partial charge < -0.3 is 4.74 Å². The molecule has 0 unspecified atom stereocenters. The van der Waals surface area contributed by atoms with E-state index < -0.39 is 11.6 Å². The van der Waals surface area contributed by atoms with Crippen LogP contribution in [0.15, 0.2) is 39.2 Å². The lowest BCUT2D eigenvalue weighted by Gasteiger charge is -2.24. The molecule has 5 nitrogen and oxygen atoms in total. The Balaban J connectivity index is 2.00. The van der Waals surface area contributed by atoms with Crippen LogP contribution in [0.25, 0.3) is 0 Å². The summed E-state index contributed by atoms with van der Waals surface area (Å²) in [5.74, 6) is -0.302. The standard InChI is InChI=1S/C19H24N2O3/c1-11(2)7-5-8-12(3)14-17(23)16(22)13(4)15-18(14)24-19-20-9-6-10-21(15)19/h7,12H,5-6,8-10H2,1-4H3/t12-/m0/s1. The van der Waals surface area contributed by atoms with Gasteiger partial charge in [-0.1, -0.05) is 18.6 Å². The van der Waals surface area contributed by atoms with Crippen LogP contribution in [0.2, 0.25) is 0 Å². The van der Waals surface area contributed by atoms with Gasteiger partial charge in [-0.3, -0.25) is 14.5 Å². The van der Waals surface area contributed by atoms with E-state index in [2.05, 4.69) is 24.9 Å². The van der Waals surface area contributed by atoms with Crippen LogP contribution in [0.5, 0.6) is 0 Å². The number of ketones is 2. The summed E-state index contributed by atoms with van der Waals surface area (Å²) in [4.78, 5) is 31.4. The third kappa shape index (κ3) is 2.72. The summed E-state index contributed by atoms with van der Waals surface area (Å²) in [6.45, 7) is 9.31. The molecule has 3 aliphatic rings. The molecule has 1 atom stereocenters. The molecule has 0 amide bonds. The predicted molar refractivity (Wildman–Crippen MR) is 92.3 cm³/mol. The van der Waals surface area contributed by atoms with Crippen LogP contribution in [-0.4, -0.2) is 35.6 Å². The molecule has 0 spiro atoms. The summed E-state index contributed by atoms with van der Waals surface area (Å²) >= 11 is 0. The Bertz CT molecular complexity index is 721. The lowest BCUT2D eigenvalue weighted by molar-refractivity contribution is -0.132. The molecule has 128 valence electrons. The van der Waals surface area contributed by atoms with Gasteiger partial charge in [0.15, 0.2) is 5.76 Å². The van der Waals surface area contributed by atoms with E-state index >= 15 is 0 Å². The minimum absolute atomic E-state index is 0.0305. The molecule has 3 rings (SSSR count). The number of allylic oxidation sites excluding steroid dienone is 4. The van der Waals surface area contributed by atoms with Gasteiger partial charge in [0.1, 0.15) is 0 Å². The number of fused-ring (bicyclic) bond motifs is 3. The van der Waals surface area contributed by atoms with Gasteiger partial charge in [0.25, 0.3) is 6.02 Å². The summed E-state index contributed by atoms with van der Waals surface area (Å²) in [7, 11) is 0. The molecular weight excluding hydrogens is 304 g/mol. The fourth-order valence-corrected chi connectivity index (χ4v) is 3.41. The van der Waals surface area contributed by atoms with Crippen LogP contribution in [0.3, 0.4) is 0 Å². The Hall–Kier alpha value is -2.17. The summed E-state index contributed by atoms with van der Waals surface area (Å²) < 4.78 is 5.93. The third-order valence-corrected chi connectivity index (χ3v) is 4.73. The molecule has 1 fully saturated rings. The number of ether oxygens (including phenoxy) is 1. The second-order valence-corrected chi connectivity index (χ2v) is 6.91. The Kier molecular flexibility index (Phi) is 4.43. The molecule has 2 heterocycles. The minimum atomic E-state index is -0.420. The third-order valence-electron chi connectivity index (χ3n) is 4.73. The molecule has 0 radical (unpaired) electrons. The van der Waals surface area contributed by atoms with Crippen LogP contribution < -0.4 is 0 Å². The number of carbonyl (C=O) groups is 2. The summed E-state index contributed by atoms with van der Waals surface area (Å²) in [6, 6.07) is 0.530. The van der Waals surface area contributed by atoms with Crippen LogP contribution in [0.1, 0.15) is 47.0 Å². The normalized spacial score (nSPS) is 21.3. The highest BCUT2D eigenvalue weighted by molar-refractivity contribution is 6.50. The number of nitrogens with zero attached hydrogens (tertiary/aromatic N) is 2. The van der Waals surface area contributed by atoms with Crippen molar-refractivity contribution in [1.29, 1.82) is 0 Å². The number of amidine groups is 1. The van der Waals surface area contributed by atoms with Gasteiger partial charge in [-0.15, -0.1) is 0 Å². The molecule has 0 N–H and O–H groups in total. The Labute approximate surface area is 142 Å². The van der Waals surface area contributed by atoms with Crippen LogP contribution in [0, 0.1) is 5.92 Å². The Morgan fingerprint density at radius 3 is 2.79 bits per heavy atom. The maximum atomic E-state index is 12.6. The van der Waals surface area contributed by atoms with Crippen molar-refractivity contribution < 1.29 is 14.3 Å². The van der Waals surface area contributed by atoms with Gasteiger partial charge in [0.2, 0.25) is 11.6 Å². The minimum Gasteiger partial charge on any atom is -0.423 e. The van der Waals surface area contributed by atoms with Crippen LogP contribution in [0.4, 0.5) is 0 Å². The lowest BCUT2D eigenvalue weighted by Crippen LogP contribution is -2.33. The predicted octanol–water partition coefficient (Wildman–Crippen LogP) is 3.14. The zero-order chi connectivity index (χ0) is 17.4. The maximum absolute atomic E-state index is 12.6. The number of Topliss-reactive ketones (excluding diaryl/α,β-unsaturated/α-hetero) is 2. The lowest BCUT2D eigenvalue weighted by atomic mass is 9.83. The van der Waals surface area contributed by atoms with E-state index in [4.69, 9.17) is 4.74 Å². The Morgan fingerprint density at radius 2 is 2.08 bits per heavy atom. The number of carbonyl (C=O) groups excluding carboxylic acids is 2. The van der Waals surface area contributed by atoms with E-state index in [9.17, 15) is 9.59 Å². The zero-order valence-corrected chi connectivity index (χ0v) is 14.8. The van der Waals surface area contributed by atoms with Crippen LogP contribution in [-0.2, 0) is 14.3 Å². The van der Waals surface area contributed by atoms with E-state index in [1.807, 2.05) is 11.8 Å². The molecule has 0 aromatic carbocycles. The van der Waals surface area contributed by atoms with Crippen molar-refractivity contribution in [3.63, 3.8) is 0 Å². The summed E-state index contributed by atoms with van der Waals surface area (Å²) in [6.07, 6.45) is 4.77. The average Bonchev–Trinajstić information content (AvgIpc) is 2.91. The highest BCUT2D eigenvalue weighted by Crippen LogP contribution is 2.40. The van der Waals surface area contributed by atoms with E-state index in [-0.39, 0.29) is 5.92 Å².